The Morgan fingerprint density at radius 1 is 0.500 bits per heavy atom. The molecule has 14 heteroatoms. The van der Waals surface area contributed by atoms with Crippen LogP contribution in [0.25, 0.3) is 0 Å². The van der Waals surface area contributed by atoms with Gasteiger partial charge >= 0.3 is 23.4 Å². The largest absolute Gasteiger partial charge is 0.446 e. The van der Waals surface area contributed by atoms with Crippen LogP contribution in [-0.2, 0) is 0 Å². The number of halogens is 12. The van der Waals surface area contributed by atoms with Crippen LogP contribution in [0.2, 0.25) is 0 Å². The van der Waals surface area contributed by atoms with Gasteiger partial charge in [0.2, 0.25) is 0 Å². The standard InChI is InChI=1S/C6F12S2/c7-3(8,9)1(4(10,11)12)2(19-5(13,14)15)20-6(16,17)18. The first kappa shape index (κ1) is 19.6. The summed E-state index contributed by atoms with van der Waals surface area (Å²) in [4.78, 5) is 0. The normalized spacial score (nSPS) is 14.4. The van der Waals surface area contributed by atoms with Crippen LogP contribution in [0, 0.1) is 0 Å². The highest BCUT2D eigenvalue weighted by molar-refractivity contribution is 8.23. The molecule has 0 bridgehead atoms. The number of alkyl halides is 12. The molecule has 20 heavy (non-hydrogen) atoms. The van der Waals surface area contributed by atoms with Crippen molar-refractivity contribution >= 4 is 23.5 Å². The lowest BCUT2D eigenvalue weighted by molar-refractivity contribution is -0.171. The molecule has 120 valence electrons. The lowest BCUT2D eigenvalue weighted by Crippen LogP contribution is -2.28. The van der Waals surface area contributed by atoms with E-state index >= 15 is 0 Å². The molecule has 0 aromatic heterocycles. The minimum Gasteiger partial charge on any atom is -0.166 e. The predicted octanol–water partition coefficient (Wildman–Crippen LogP) is 5.83. The van der Waals surface area contributed by atoms with Crippen LogP contribution in [0.5, 0.6) is 0 Å². The first-order chi connectivity index (χ1) is 8.43. The van der Waals surface area contributed by atoms with Gasteiger partial charge in [-0.15, -0.1) is 0 Å². The summed E-state index contributed by atoms with van der Waals surface area (Å²) in [5, 5.41) is 0. The van der Waals surface area contributed by atoms with Crippen molar-refractivity contribution in [3.63, 3.8) is 0 Å². The predicted molar refractivity (Wildman–Crippen MR) is 46.4 cm³/mol. The third-order valence-corrected chi connectivity index (χ3v) is 2.93. The van der Waals surface area contributed by atoms with E-state index in [1.807, 2.05) is 0 Å². The molecule has 0 radical (unpaired) electrons. The van der Waals surface area contributed by atoms with Crippen molar-refractivity contribution < 1.29 is 52.7 Å². The van der Waals surface area contributed by atoms with E-state index in [-0.39, 0.29) is 0 Å². The van der Waals surface area contributed by atoms with E-state index in [4.69, 9.17) is 0 Å². The van der Waals surface area contributed by atoms with Crippen molar-refractivity contribution in [3.8, 4) is 0 Å². The molecule has 0 aliphatic carbocycles. The van der Waals surface area contributed by atoms with Crippen LogP contribution < -0.4 is 0 Å². The molecule has 0 unspecified atom stereocenters. The van der Waals surface area contributed by atoms with Gasteiger partial charge in [-0.05, 0) is 23.5 Å². The lowest BCUT2D eigenvalue weighted by Gasteiger charge is -2.20. The molecule has 0 aromatic rings. The molecule has 0 aliphatic rings. The summed E-state index contributed by atoms with van der Waals surface area (Å²) < 4.78 is 140. The number of hydrogen-bond donors (Lipinski definition) is 0. The maximum Gasteiger partial charge on any atom is 0.446 e. The summed E-state index contributed by atoms with van der Waals surface area (Å²) in [7, 11) is 0. The Hall–Kier alpha value is -0.400. The summed E-state index contributed by atoms with van der Waals surface area (Å²) in [6.07, 6.45) is -12.9. The molecule has 0 spiro atoms. The second kappa shape index (κ2) is 5.77. The van der Waals surface area contributed by atoms with Crippen molar-refractivity contribution in [2.45, 2.75) is 23.4 Å². The minimum absolute atomic E-state index is 2.13. The van der Waals surface area contributed by atoms with E-state index in [1.165, 1.54) is 0 Å². The maximum atomic E-state index is 12.1. The fraction of sp³-hybridized carbons (Fsp3) is 0.667. The molecule has 0 saturated carbocycles. The average Bonchev–Trinajstić information content (AvgIpc) is 1.87. The average molecular weight is 364 g/mol. The molecule has 0 fully saturated rings. The quantitative estimate of drug-likeness (QED) is 0.566. The molecule has 0 aliphatic heterocycles. The minimum atomic E-state index is -6.43. The fourth-order valence-electron chi connectivity index (χ4n) is 0.725. The molecule has 0 nitrogen and oxygen atoms in total. The topological polar surface area (TPSA) is 0 Å². The number of rotatable bonds is 2. The molecular weight excluding hydrogens is 364 g/mol. The van der Waals surface area contributed by atoms with E-state index in [9.17, 15) is 52.7 Å². The highest BCUT2D eigenvalue weighted by Crippen LogP contribution is 2.54. The van der Waals surface area contributed by atoms with Crippen LogP contribution >= 0.6 is 23.5 Å². The lowest BCUT2D eigenvalue weighted by atomic mass is 10.3. The molecule has 0 aromatic carbocycles. The van der Waals surface area contributed by atoms with Gasteiger partial charge in [0.15, 0.2) is 5.57 Å². The first-order valence-electron chi connectivity index (χ1n) is 3.83. The third-order valence-electron chi connectivity index (χ3n) is 1.19. The molecule has 0 rings (SSSR count). The zero-order valence-electron chi connectivity index (χ0n) is 8.35. The smallest absolute Gasteiger partial charge is 0.166 e. The van der Waals surface area contributed by atoms with E-state index in [2.05, 4.69) is 0 Å². The highest BCUT2D eigenvalue weighted by Gasteiger charge is 2.56. The number of hydrogen-bond acceptors (Lipinski definition) is 2. The Kier molecular flexibility index (Phi) is 5.65. The Morgan fingerprint density at radius 3 is 0.900 bits per heavy atom. The molecular formula is C6F12S2. The van der Waals surface area contributed by atoms with Crippen LogP contribution in [0.1, 0.15) is 0 Å². The summed E-state index contributed by atoms with van der Waals surface area (Å²) in [5.74, 6) is 0. The van der Waals surface area contributed by atoms with Gasteiger partial charge in [-0.1, -0.05) is 0 Å². The van der Waals surface area contributed by atoms with Crippen molar-refractivity contribution in [3.05, 3.63) is 9.81 Å². The zero-order chi connectivity index (χ0) is 16.6. The van der Waals surface area contributed by atoms with E-state index in [0.717, 1.165) is 0 Å². The van der Waals surface area contributed by atoms with E-state index in [0.29, 0.717) is 0 Å². The van der Waals surface area contributed by atoms with E-state index in [1.54, 1.807) is 0 Å². The van der Waals surface area contributed by atoms with Crippen LogP contribution in [-0.4, -0.2) is 23.4 Å². The van der Waals surface area contributed by atoms with Gasteiger partial charge in [-0.25, -0.2) is 0 Å². The summed E-state index contributed by atoms with van der Waals surface area (Å²) in [6.45, 7) is 0. The van der Waals surface area contributed by atoms with Crippen LogP contribution in [0.3, 0.4) is 0 Å². The Morgan fingerprint density at radius 2 is 0.750 bits per heavy atom. The number of allylic oxidation sites excluding steroid dienone is 1. The zero-order valence-corrected chi connectivity index (χ0v) is 9.99. The Balaban J connectivity index is 6.02. The Bertz CT molecular complexity index is 331. The summed E-state index contributed by atoms with van der Waals surface area (Å²) in [5.41, 5.74) is -15.4. The van der Waals surface area contributed by atoms with Gasteiger partial charge in [-0.2, -0.15) is 52.7 Å². The summed E-state index contributed by atoms with van der Waals surface area (Å²) in [6, 6.07) is 0. The fourth-order valence-corrected chi connectivity index (χ4v) is 2.55. The highest BCUT2D eigenvalue weighted by atomic mass is 32.2. The van der Waals surface area contributed by atoms with Gasteiger partial charge in [-0.3, -0.25) is 0 Å². The van der Waals surface area contributed by atoms with Gasteiger partial charge in [0.05, 0.1) is 4.24 Å². The van der Waals surface area contributed by atoms with Gasteiger partial charge in [0.25, 0.3) is 0 Å². The molecule has 0 amide bonds. The van der Waals surface area contributed by atoms with Crippen molar-refractivity contribution in [1.29, 1.82) is 0 Å². The monoisotopic (exact) mass is 364 g/mol. The molecule has 0 saturated heterocycles. The molecule has 0 atom stereocenters. The summed E-state index contributed by atoms with van der Waals surface area (Å²) >= 11 is -4.25. The second-order valence-corrected chi connectivity index (χ2v) is 5.16. The van der Waals surface area contributed by atoms with Gasteiger partial charge < -0.3 is 0 Å². The maximum absolute atomic E-state index is 12.1. The SMILES string of the molecule is FC(F)(F)SC(SC(F)(F)F)=C(C(F)(F)F)C(F)(F)F. The van der Waals surface area contributed by atoms with Crippen LogP contribution in [0.4, 0.5) is 52.7 Å². The second-order valence-electron chi connectivity index (χ2n) is 2.75. The first-order valence-corrected chi connectivity index (χ1v) is 5.47. The van der Waals surface area contributed by atoms with Crippen molar-refractivity contribution in [2.75, 3.05) is 0 Å². The third kappa shape index (κ3) is 7.40. The van der Waals surface area contributed by atoms with Gasteiger partial charge in [0.1, 0.15) is 0 Å². The molecule has 0 N–H and O–H groups in total. The van der Waals surface area contributed by atoms with Crippen molar-refractivity contribution in [2.24, 2.45) is 0 Å². The van der Waals surface area contributed by atoms with Crippen molar-refractivity contribution in [1.82, 2.24) is 0 Å². The van der Waals surface area contributed by atoms with Crippen LogP contribution in [0.15, 0.2) is 9.81 Å². The van der Waals surface area contributed by atoms with E-state index < -0.39 is 56.7 Å². The van der Waals surface area contributed by atoms with Gasteiger partial charge in [0, 0.05) is 0 Å². The molecule has 0 heterocycles. The number of thioether (sulfide) groups is 2. The Labute approximate surface area is 110 Å².